The molecule has 3 nitrogen and oxygen atoms in total. The van der Waals surface area contributed by atoms with Crippen LogP contribution in [0.25, 0.3) is 0 Å². The van der Waals surface area contributed by atoms with E-state index in [1.165, 1.54) is 6.42 Å². The Morgan fingerprint density at radius 1 is 1.54 bits per heavy atom. The summed E-state index contributed by atoms with van der Waals surface area (Å²) in [7, 11) is 0. The first-order chi connectivity index (χ1) is 6.35. The third-order valence-electron chi connectivity index (χ3n) is 2.53. The van der Waals surface area contributed by atoms with E-state index in [4.69, 9.17) is 11.6 Å². The van der Waals surface area contributed by atoms with Gasteiger partial charge in [-0.3, -0.25) is 0 Å². The van der Waals surface area contributed by atoms with Gasteiger partial charge in [-0.2, -0.15) is 5.10 Å². The lowest BCUT2D eigenvalue weighted by Gasteiger charge is -2.41. The van der Waals surface area contributed by atoms with E-state index in [1.54, 1.807) is 6.20 Å². The Balaban J connectivity index is 2.05. The van der Waals surface area contributed by atoms with Crippen LogP contribution >= 0.6 is 11.6 Å². The van der Waals surface area contributed by atoms with Gasteiger partial charge in [0.1, 0.15) is 5.82 Å². The quantitative estimate of drug-likeness (QED) is 0.754. The monoisotopic (exact) mass is 197 g/mol. The van der Waals surface area contributed by atoms with Gasteiger partial charge in [-0.25, -0.2) is 0 Å². The molecule has 1 heterocycles. The SMILES string of the molecule is ClCC1(Nc2cccnn2)CCC1. The van der Waals surface area contributed by atoms with Gasteiger partial charge < -0.3 is 5.32 Å². The topological polar surface area (TPSA) is 37.8 Å². The first-order valence-electron chi connectivity index (χ1n) is 4.47. The molecule has 1 saturated carbocycles. The smallest absolute Gasteiger partial charge is 0.149 e. The maximum Gasteiger partial charge on any atom is 0.149 e. The first kappa shape index (κ1) is 8.75. The van der Waals surface area contributed by atoms with Crippen LogP contribution < -0.4 is 5.32 Å². The molecule has 4 heteroatoms. The van der Waals surface area contributed by atoms with E-state index in [1.807, 2.05) is 12.1 Å². The summed E-state index contributed by atoms with van der Waals surface area (Å²) in [6.45, 7) is 0. The van der Waals surface area contributed by atoms with E-state index in [0.29, 0.717) is 5.88 Å². The fraction of sp³-hybridized carbons (Fsp3) is 0.556. The lowest BCUT2D eigenvalue weighted by molar-refractivity contribution is 0.310. The van der Waals surface area contributed by atoms with Crippen molar-refractivity contribution >= 4 is 17.4 Å². The van der Waals surface area contributed by atoms with Gasteiger partial charge >= 0.3 is 0 Å². The molecule has 2 rings (SSSR count). The number of alkyl halides is 1. The van der Waals surface area contributed by atoms with E-state index in [2.05, 4.69) is 15.5 Å². The number of anilines is 1. The molecule has 13 heavy (non-hydrogen) atoms. The number of nitrogens with zero attached hydrogens (tertiary/aromatic N) is 2. The van der Waals surface area contributed by atoms with Crippen LogP contribution in [0.5, 0.6) is 0 Å². The molecule has 0 bridgehead atoms. The normalized spacial score (nSPS) is 19.2. The highest BCUT2D eigenvalue weighted by molar-refractivity contribution is 6.18. The van der Waals surface area contributed by atoms with Gasteiger partial charge in [-0.15, -0.1) is 16.7 Å². The molecule has 0 amide bonds. The van der Waals surface area contributed by atoms with E-state index in [0.717, 1.165) is 18.7 Å². The van der Waals surface area contributed by atoms with Crippen molar-refractivity contribution in [3.05, 3.63) is 18.3 Å². The molecule has 1 fully saturated rings. The molecule has 1 N–H and O–H groups in total. The fourth-order valence-electron chi connectivity index (χ4n) is 1.54. The van der Waals surface area contributed by atoms with Crippen LogP contribution in [-0.4, -0.2) is 21.6 Å². The van der Waals surface area contributed by atoms with Crippen LogP contribution in [0, 0.1) is 0 Å². The van der Waals surface area contributed by atoms with Crippen LogP contribution in [0.1, 0.15) is 19.3 Å². The van der Waals surface area contributed by atoms with Crippen molar-refractivity contribution in [3.8, 4) is 0 Å². The van der Waals surface area contributed by atoms with Crippen molar-refractivity contribution in [3.63, 3.8) is 0 Å². The summed E-state index contributed by atoms with van der Waals surface area (Å²) in [6, 6.07) is 3.79. The number of aromatic nitrogens is 2. The van der Waals surface area contributed by atoms with Gasteiger partial charge in [-0.05, 0) is 31.4 Å². The van der Waals surface area contributed by atoms with Crippen molar-refractivity contribution in [1.82, 2.24) is 10.2 Å². The zero-order valence-corrected chi connectivity index (χ0v) is 8.09. The second-order valence-corrected chi connectivity index (χ2v) is 3.77. The number of hydrogen-bond donors (Lipinski definition) is 1. The molecule has 1 aliphatic carbocycles. The maximum atomic E-state index is 5.90. The van der Waals surface area contributed by atoms with E-state index < -0.39 is 0 Å². The highest BCUT2D eigenvalue weighted by Crippen LogP contribution is 2.35. The van der Waals surface area contributed by atoms with Crippen molar-refractivity contribution in [2.45, 2.75) is 24.8 Å². The third-order valence-corrected chi connectivity index (χ3v) is 3.04. The molecule has 1 aromatic heterocycles. The Kier molecular flexibility index (Phi) is 2.36. The van der Waals surface area contributed by atoms with Crippen molar-refractivity contribution in [1.29, 1.82) is 0 Å². The molecule has 0 spiro atoms. The van der Waals surface area contributed by atoms with Crippen molar-refractivity contribution < 1.29 is 0 Å². The minimum absolute atomic E-state index is 0.0809. The van der Waals surface area contributed by atoms with Crippen molar-refractivity contribution in [2.75, 3.05) is 11.2 Å². The summed E-state index contributed by atoms with van der Waals surface area (Å²) in [5, 5.41) is 11.1. The summed E-state index contributed by atoms with van der Waals surface area (Å²) in [5.41, 5.74) is 0.0809. The fourth-order valence-corrected chi connectivity index (χ4v) is 1.87. The molecule has 1 aromatic rings. The van der Waals surface area contributed by atoms with Crippen LogP contribution in [0.4, 0.5) is 5.82 Å². The second kappa shape index (κ2) is 3.50. The van der Waals surface area contributed by atoms with E-state index >= 15 is 0 Å². The lowest BCUT2D eigenvalue weighted by Crippen LogP contribution is -2.47. The van der Waals surface area contributed by atoms with E-state index in [9.17, 15) is 0 Å². The Morgan fingerprint density at radius 3 is 2.85 bits per heavy atom. The summed E-state index contributed by atoms with van der Waals surface area (Å²) in [4.78, 5) is 0. The minimum atomic E-state index is 0.0809. The minimum Gasteiger partial charge on any atom is -0.362 e. The Hall–Kier alpha value is -0.830. The number of hydrogen-bond acceptors (Lipinski definition) is 3. The van der Waals surface area contributed by atoms with Gasteiger partial charge in [0, 0.05) is 12.1 Å². The highest BCUT2D eigenvalue weighted by Gasteiger charge is 2.36. The Morgan fingerprint density at radius 2 is 2.38 bits per heavy atom. The van der Waals surface area contributed by atoms with Gasteiger partial charge in [0.2, 0.25) is 0 Å². The standard InChI is InChI=1S/C9H12ClN3/c10-7-9(4-2-5-9)12-8-3-1-6-11-13-8/h1,3,6H,2,4-5,7H2,(H,12,13). The summed E-state index contributed by atoms with van der Waals surface area (Å²) in [6.07, 6.45) is 5.18. The molecule has 0 unspecified atom stereocenters. The van der Waals surface area contributed by atoms with E-state index in [-0.39, 0.29) is 5.54 Å². The molecule has 1 aliphatic rings. The Bertz CT molecular complexity index is 266. The molecular formula is C9H12ClN3. The molecule has 0 saturated heterocycles. The molecule has 0 aromatic carbocycles. The highest BCUT2D eigenvalue weighted by atomic mass is 35.5. The zero-order chi connectivity index (χ0) is 9.15. The lowest BCUT2D eigenvalue weighted by atomic mass is 9.78. The van der Waals surface area contributed by atoms with Crippen LogP contribution in [0.2, 0.25) is 0 Å². The first-order valence-corrected chi connectivity index (χ1v) is 5.00. The van der Waals surface area contributed by atoms with Crippen LogP contribution in [-0.2, 0) is 0 Å². The molecule has 0 aliphatic heterocycles. The molecular weight excluding hydrogens is 186 g/mol. The summed E-state index contributed by atoms with van der Waals surface area (Å²) in [5.74, 6) is 1.46. The van der Waals surface area contributed by atoms with Gasteiger partial charge in [0.15, 0.2) is 0 Å². The predicted molar refractivity (Wildman–Crippen MR) is 53.0 cm³/mol. The number of nitrogens with one attached hydrogen (secondary N) is 1. The zero-order valence-electron chi connectivity index (χ0n) is 7.33. The predicted octanol–water partition coefficient (Wildman–Crippen LogP) is 2.05. The van der Waals surface area contributed by atoms with Crippen molar-refractivity contribution in [2.24, 2.45) is 0 Å². The molecule has 0 radical (unpaired) electrons. The van der Waals surface area contributed by atoms with Gasteiger partial charge in [0.25, 0.3) is 0 Å². The number of rotatable bonds is 3. The van der Waals surface area contributed by atoms with Gasteiger partial charge in [0.05, 0.1) is 5.54 Å². The second-order valence-electron chi connectivity index (χ2n) is 3.50. The van der Waals surface area contributed by atoms with Crippen LogP contribution in [0.3, 0.4) is 0 Å². The maximum absolute atomic E-state index is 5.90. The average Bonchev–Trinajstić information content (AvgIpc) is 2.13. The molecule has 70 valence electrons. The van der Waals surface area contributed by atoms with Gasteiger partial charge in [-0.1, -0.05) is 0 Å². The summed E-state index contributed by atoms with van der Waals surface area (Å²) < 4.78 is 0. The third kappa shape index (κ3) is 1.75. The molecule has 0 atom stereocenters. The largest absolute Gasteiger partial charge is 0.362 e. The van der Waals surface area contributed by atoms with Crippen LogP contribution in [0.15, 0.2) is 18.3 Å². The number of halogens is 1. The Labute approximate surface area is 82.5 Å². The average molecular weight is 198 g/mol. The summed E-state index contributed by atoms with van der Waals surface area (Å²) >= 11 is 5.90.